The molecule has 2 unspecified atom stereocenters. The topological polar surface area (TPSA) is 15.3 Å². The van der Waals surface area contributed by atoms with Crippen molar-refractivity contribution in [1.29, 1.82) is 0 Å². The van der Waals surface area contributed by atoms with Crippen LogP contribution in [0.1, 0.15) is 45.7 Å². The summed E-state index contributed by atoms with van der Waals surface area (Å²) in [7, 11) is 2.06. The zero-order valence-electron chi connectivity index (χ0n) is 13.2. The van der Waals surface area contributed by atoms with Crippen molar-refractivity contribution < 1.29 is 0 Å². The van der Waals surface area contributed by atoms with E-state index in [4.69, 9.17) is 0 Å². The summed E-state index contributed by atoms with van der Waals surface area (Å²) in [5, 5.41) is 3.48. The molecule has 0 aliphatic rings. The van der Waals surface area contributed by atoms with Crippen LogP contribution < -0.4 is 5.32 Å². The number of hydrogen-bond donors (Lipinski definition) is 1. The van der Waals surface area contributed by atoms with Gasteiger partial charge in [-0.25, -0.2) is 0 Å². The Morgan fingerprint density at radius 1 is 1.11 bits per heavy atom. The van der Waals surface area contributed by atoms with Gasteiger partial charge in [0.1, 0.15) is 0 Å². The Bertz CT molecular complexity index is 334. The fourth-order valence-electron chi connectivity index (χ4n) is 2.76. The van der Waals surface area contributed by atoms with Crippen LogP contribution in [0.2, 0.25) is 0 Å². The van der Waals surface area contributed by atoms with Gasteiger partial charge in [0.2, 0.25) is 0 Å². The highest BCUT2D eigenvalue weighted by molar-refractivity contribution is 5.19. The molecule has 0 fully saturated rings. The summed E-state index contributed by atoms with van der Waals surface area (Å²) in [5.41, 5.74) is 1.39. The van der Waals surface area contributed by atoms with Crippen molar-refractivity contribution in [2.45, 2.75) is 46.2 Å². The predicted molar refractivity (Wildman–Crippen MR) is 84.4 cm³/mol. The molecular weight excluding hydrogens is 232 g/mol. The van der Waals surface area contributed by atoms with Crippen LogP contribution in [0.5, 0.6) is 0 Å². The molecule has 108 valence electrons. The van der Waals surface area contributed by atoms with E-state index in [0.29, 0.717) is 18.0 Å². The Kier molecular flexibility index (Phi) is 7.11. The molecule has 1 aromatic rings. The fraction of sp³-hybridized carbons (Fsp3) is 0.647. The zero-order valence-corrected chi connectivity index (χ0v) is 13.2. The Labute approximate surface area is 119 Å². The van der Waals surface area contributed by atoms with Gasteiger partial charge < -0.3 is 10.2 Å². The van der Waals surface area contributed by atoms with Crippen molar-refractivity contribution in [3.05, 3.63) is 35.9 Å². The van der Waals surface area contributed by atoms with Gasteiger partial charge in [-0.2, -0.15) is 0 Å². The molecule has 1 aromatic carbocycles. The normalized spacial score (nSPS) is 14.9. The summed E-state index contributed by atoms with van der Waals surface area (Å²) in [5.74, 6) is 0.598. The molecule has 2 heteroatoms. The lowest BCUT2D eigenvalue weighted by Crippen LogP contribution is -2.39. The average Bonchev–Trinajstić information content (AvgIpc) is 2.40. The number of hydrogen-bond acceptors (Lipinski definition) is 2. The van der Waals surface area contributed by atoms with Crippen molar-refractivity contribution >= 4 is 0 Å². The van der Waals surface area contributed by atoms with Gasteiger partial charge in [-0.15, -0.1) is 0 Å². The number of nitrogens with one attached hydrogen (secondary N) is 1. The van der Waals surface area contributed by atoms with E-state index in [1.165, 1.54) is 18.5 Å². The Morgan fingerprint density at radius 3 is 2.21 bits per heavy atom. The lowest BCUT2D eigenvalue weighted by molar-refractivity contribution is 0.175. The molecule has 0 aliphatic heterocycles. The monoisotopic (exact) mass is 262 g/mol. The molecule has 0 spiro atoms. The molecule has 0 aromatic heterocycles. The zero-order chi connectivity index (χ0) is 14.3. The third-order valence-electron chi connectivity index (χ3n) is 3.80. The van der Waals surface area contributed by atoms with E-state index in [0.717, 1.165) is 6.54 Å². The minimum Gasteiger partial charge on any atom is -0.313 e. The van der Waals surface area contributed by atoms with Crippen LogP contribution in [0.15, 0.2) is 30.3 Å². The van der Waals surface area contributed by atoms with Gasteiger partial charge >= 0.3 is 0 Å². The van der Waals surface area contributed by atoms with Gasteiger partial charge in [0.25, 0.3) is 0 Å². The highest BCUT2D eigenvalue weighted by atomic mass is 15.1. The molecule has 0 saturated heterocycles. The van der Waals surface area contributed by atoms with Gasteiger partial charge in [-0.05, 0) is 45.3 Å². The molecule has 0 bridgehead atoms. The first kappa shape index (κ1) is 16.2. The molecule has 1 rings (SSSR count). The summed E-state index contributed by atoms with van der Waals surface area (Å²) in [6, 6.07) is 11.8. The lowest BCUT2D eigenvalue weighted by atomic mass is 9.93. The molecule has 0 aliphatic carbocycles. The van der Waals surface area contributed by atoms with Crippen LogP contribution in [0.3, 0.4) is 0 Å². The maximum Gasteiger partial charge on any atom is 0.0355 e. The molecule has 0 amide bonds. The average molecular weight is 262 g/mol. The number of nitrogens with zero attached hydrogens (tertiary/aromatic N) is 1. The van der Waals surface area contributed by atoms with E-state index in [2.05, 4.69) is 75.3 Å². The first-order valence-corrected chi connectivity index (χ1v) is 7.56. The van der Waals surface area contributed by atoms with Crippen molar-refractivity contribution in [3.8, 4) is 0 Å². The van der Waals surface area contributed by atoms with Crippen molar-refractivity contribution in [2.75, 3.05) is 20.1 Å². The van der Waals surface area contributed by atoms with E-state index < -0.39 is 0 Å². The first-order chi connectivity index (χ1) is 9.10. The van der Waals surface area contributed by atoms with Crippen LogP contribution in [0.25, 0.3) is 0 Å². The molecule has 2 atom stereocenters. The smallest absolute Gasteiger partial charge is 0.0355 e. The van der Waals surface area contributed by atoms with E-state index in [-0.39, 0.29) is 0 Å². The van der Waals surface area contributed by atoms with Crippen molar-refractivity contribution in [3.63, 3.8) is 0 Å². The molecule has 0 radical (unpaired) electrons. The minimum atomic E-state index is 0.430. The van der Waals surface area contributed by atoms with Crippen molar-refractivity contribution in [1.82, 2.24) is 10.2 Å². The maximum atomic E-state index is 3.48. The van der Waals surface area contributed by atoms with Gasteiger partial charge in [0.15, 0.2) is 0 Å². The second kappa shape index (κ2) is 8.34. The lowest BCUT2D eigenvalue weighted by Gasteiger charge is -2.33. The summed E-state index contributed by atoms with van der Waals surface area (Å²) >= 11 is 0. The molecule has 1 N–H and O–H groups in total. The molecule has 0 saturated carbocycles. The van der Waals surface area contributed by atoms with Crippen molar-refractivity contribution in [2.24, 2.45) is 5.92 Å². The van der Waals surface area contributed by atoms with E-state index in [9.17, 15) is 0 Å². The third kappa shape index (κ3) is 4.96. The largest absolute Gasteiger partial charge is 0.313 e. The van der Waals surface area contributed by atoms with Crippen LogP contribution in [-0.2, 0) is 0 Å². The first-order valence-electron chi connectivity index (χ1n) is 7.56. The quantitative estimate of drug-likeness (QED) is 0.768. The molecular formula is C17H30N2. The standard InChI is InChI=1S/C17H30N2/c1-6-12-19(14(2)3)13-15(4)17(18-5)16-10-8-7-9-11-16/h7-11,14-15,17-18H,6,12-13H2,1-5H3. The number of rotatable bonds is 8. The Morgan fingerprint density at radius 2 is 1.74 bits per heavy atom. The highest BCUT2D eigenvalue weighted by Gasteiger charge is 2.20. The minimum absolute atomic E-state index is 0.430. The SMILES string of the molecule is CCCN(CC(C)C(NC)c1ccccc1)C(C)C. The maximum absolute atomic E-state index is 3.48. The predicted octanol–water partition coefficient (Wildman–Crippen LogP) is 3.70. The summed E-state index contributed by atoms with van der Waals surface area (Å²) < 4.78 is 0. The van der Waals surface area contributed by atoms with E-state index in [1.54, 1.807) is 0 Å². The van der Waals surface area contributed by atoms with Crippen LogP contribution in [0, 0.1) is 5.92 Å². The van der Waals surface area contributed by atoms with Gasteiger partial charge in [0.05, 0.1) is 0 Å². The Balaban J connectivity index is 2.70. The van der Waals surface area contributed by atoms with Crippen LogP contribution >= 0.6 is 0 Å². The van der Waals surface area contributed by atoms with Gasteiger partial charge in [-0.3, -0.25) is 0 Å². The molecule has 2 nitrogen and oxygen atoms in total. The van der Waals surface area contributed by atoms with Gasteiger partial charge in [-0.1, -0.05) is 44.2 Å². The fourth-order valence-corrected chi connectivity index (χ4v) is 2.76. The molecule has 19 heavy (non-hydrogen) atoms. The van der Waals surface area contributed by atoms with E-state index in [1.807, 2.05) is 0 Å². The Hall–Kier alpha value is -0.860. The summed E-state index contributed by atoms with van der Waals surface area (Å²) in [6.45, 7) is 11.5. The second-order valence-corrected chi connectivity index (χ2v) is 5.74. The molecule has 0 heterocycles. The van der Waals surface area contributed by atoms with Gasteiger partial charge in [0, 0.05) is 18.6 Å². The van der Waals surface area contributed by atoms with Crippen LogP contribution in [0.4, 0.5) is 0 Å². The summed E-state index contributed by atoms with van der Waals surface area (Å²) in [4.78, 5) is 2.58. The second-order valence-electron chi connectivity index (χ2n) is 5.74. The third-order valence-corrected chi connectivity index (χ3v) is 3.80. The van der Waals surface area contributed by atoms with Crippen LogP contribution in [-0.4, -0.2) is 31.1 Å². The number of benzene rings is 1. The summed E-state index contributed by atoms with van der Waals surface area (Å²) in [6.07, 6.45) is 1.22. The highest BCUT2D eigenvalue weighted by Crippen LogP contribution is 2.23. The van der Waals surface area contributed by atoms with E-state index >= 15 is 0 Å².